The zero-order chi connectivity index (χ0) is 12.9. The first-order valence-electron chi connectivity index (χ1n) is 6.25. The molecule has 0 aromatic rings. The molecule has 0 spiro atoms. The molecule has 1 aliphatic carbocycles. The van der Waals surface area contributed by atoms with Crippen molar-refractivity contribution in [2.45, 2.75) is 58.2 Å². The second-order valence-corrected chi connectivity index (χ2v) is 5.59. The summed E-state index contributed by atoms with van der Waals surface area (Å²) in [5.41, 5.74) is -0.434. The van der Waals surface area contributed by atoms with E-state index < -0.39 is 5.60 Å². The highest BCUT2D eigenvalue weighted by Gasteiger charge is 2.17. The Labute approximate surface area is 104 Å². The highest BCUT2D eigenvalue weighted by atomic mass is 16.6. The number of carbonyl (C=O) groups is 1. The number of hydrogen-bond acceptors (Lipinski definition) is 3. The number of carbonyl (C=O) groups excluding carboxylic acids is 1. The van der Waals surface area contributed by atoms with Crippen LogP contribution in [0.1, 0.15) is 40.5 Å². The van der Waals surface area contributed by atoms with E-state index >= 15 is 0 Å². The number of ether oxygens (including phenoxy) is 1. The third-order valence-electron chi connectivity index (χ3n) is 2.48. The normalized spacial score (nSPS) is 18.1. The Morgan fingerprint density at radius 3 is 2.53 bits per heavy atom. The third kappa shape index (κ3) is 6.31. The Morgan fingerprint density at radius 2 is 2.00 bits per heavy atom. The lowest BCUT2D eigenvalue weighted by molar-refractivity contribution is 0.0522. The minimum absolute atomic E-state index is 0.257. The first kappa shape index (κ1) is 14.0. The lowest BCUT2D eigenvalue weighted by Crippen LogP contribution is -2.44. The largest absolute Gasteiger partial charge is 0.444 e. The van der Waals surface area contributed by atoms with Gasteiger partial charge in [-0.25, -0.2) is 4.79 Å². The Kier molecular flexibility index (Phi) is 5.00. The summed E-state index contributed by atoms with van der Waals surface area (Å²) in [4.78, 5) is 11.4. The van der Waals surface area contributed by atoms with Crippen LogP contribution in [0.5, 0.6) is 0 Å². The van der Waals surface area contributed by atoms with Gasteiger partial charge < -0.3 is 15.4 Å². The second kappa shape index (κ2) is 6.05. The van der Waals surface area contributed by atoms with E-state index in [2.05, 4.69) is 29.7 Å². The molecule has 0 bridgehead atoms. The lowest BCUT2D eigenvalue weighted by atomic mass is 10.2. The summed E-state index contributed by atoms with van der Waals surface area (Å²) in [5.74, 6) is 0. The molecule has 1 amide bonds. The Bertz CT molecular complexity index is 274. The van der Waals surface area contributed by atoms with E-state index in [4.69, 9.17) is 4.74 Å². The van der Waals surface area contributed by atoms with Crippen molar-refractivity contribution in [3.05, 3.63) is 12.2 Å². The molecule has 17 heavy (non-hydrogen) atoms. The van der Waals surface area contributed by atoms with Crippen LogP contribution in [0.25, 0.3) is 0 Å². The minimum atomic E-state index is -0.434. The highest BCUT2D eigenvalue weighted by Crippen LogP contribution is 2.10. The van der Waals surface area contributed by atoms with Gasteiger partial charge in [0.1, 0.15) is 5.60 Å². The highest BCUT2D eigenvalue weighted by molar-refractivity contribution is 5.67. The zero-order valence-corrected chi connectivity index (χ0v) is 11.2. The van der Waals surface area contributed by atoms with Crippen molar-refractivity contribution in [3.8, 4) is 0 Å². The summed E-state index contributed by atoms with van der Waals surface area (Å²) >= 11 is 0. The van der Waals surface area contributed by atoms with Crippen LogP contribution in [0.2, 0.25) is 0 Å². The zero-order valence-electron chi connectivity index (χ0n) is 11.2. The minimum Gasteiger partial charge on any atom is -0.444 e. The third-order valence-corrected chi connectivity index (χ3v) is 2.48. The van der Waals surface area contributed by atoms with Gasteiger partial charge in [0.25, 0.3) is 0 Å². The number of nitrogens with one attached hydrogen (secondary N) is 2. The summed E-state index contributed by atoms with van der Waals surface area (Å²) < 4.78 is 5.17. The van der Waals surface area contributed by atoms with E-state index in [1.165, 1.54) is 0 Å². The van der Waals surface area contributed by atoms with Gasteiger partial charge >= 0.3 is 6.09 Å². The van der Waals surface area contributed by atoms with Crippen molar-refractivity contribution >= 4 is 6.09 Å². The standard InChI is InChI=1S/C13H24N2O2/c1-10(15-11-7-5-6-8-11)9-14-12(16)17-13(2,3)4/h5-6,10-11,15H,7-9H2,1-4H3,(H,14,16). The maximum Gasteiger partial charge on any atom is 0.407 e. The summed E-state index contributed by atoms with van der Waals surface area (Å²) in [6, 6.07) is 0.776. The van der Waals surface area contributed by atoms with Gasteiger partial charge in [-0.2, -0.15) is 0 Å². The fourth-order valence-corrected chi connectivity index (χ4v) is 1.77. The van der Waals surface area contributed by atoms with Gasteiger partial charge in [0, 0.05) is 18.6 Å². The molecule has 2 N–H and O–H groups in total. The molecule has 0 radical (unpaired) electrons. The Hall–Kier alpha value is -1.03. The van der Waals surface area contributed by atoms with Gasteiger partial charge in [-0.15, -0.1) is 0 Å². The Morgan fingerprint density at radius 1 is 1.41 bits per heavy atom. The van der Waals surface area contributed by atoms with Crippen LogP contribution in [0.15, 0.2) is 12.2 Å². The van der Waals surface area contributed by atoms with E-state index in [9.17, 15) is 4.79 Å². The van der Waals surface area contributed by atoms with Crippen LogP contribution in [0.4, 0.5) is 4.79 Å². The predicted octanol–water partition coefficient (Wildman–Crippen LogP) is 2.21. The SMILES string of the molecule is CC(CNC(=O)OC(C)(C)C)NC1CC=CC1. The topological polar surface area (TPSA) is 50.4 Å². The average Bonchev–Trinajstić information content (AvgIpc) is 2.64. The van der Waals surface area contributed by atoms with Crippen LogP contribution < -0.4 is 10.6 Å². The number of amides is 1. The van der Waals surface area contributed by atoms with Gasteiger partial charge in [-0.3, -0.25) is 0 Å². The van der Waals surface area contributed by atoms with Crippen molar-refractivity contribution in [1.29, 1.82) is 0 Å². The fourth-order valence-electron chi connectivity index (χ4n) is 1.77. The molecule has 1 aliphatic rings. The molecular formula is C13H24N2O2. The summed E-state index contributed by atoms with van der Waals surface area (Å²) in [7, 11) is 0. The van der Waals surface area contributed by atoms with Gasteiger partial charge in [-0.05, 0) is 40.5 Å². The van der Waals surface area contributed by atoms with Crippen molar-refractivity contribution < 1.29 is 9.53 Å². The van der Waals surface area contributed by atoms with Gasteiger partial charge in [-0.1, -0.05) is 12.2 Å². The van der Waals surface area contributed by atoms with Gasteiger partial charge in [0.15, 0.2) is 0 Å². The summed E-state index contributed by atoms with van der Waals surface area (Å²) in [6.45, 7) is 8.23. The number of rotatable bonds is 4. The molecule has 1 atom stereocenters. The summed E-state index contributed by atoms with van der Waals surface area (Å²) in [5, 5.41) is 6.23. The van der Waals surface area contributed by atoms with E-state index in [1.54, 1.807) is 0 Å². The smallest absolute Gasteiger partial charge is 0.407 e. The quantitative estimate of drug-likeness (QED) is 0.741. The van der Waals surface area contributed by atoms with E-state index in [-0.39, 0.29) is 12.1 Å². The Balaban J connectivity index is 2.14. The number of hydrogen-bond donors (Lipinski definition) is 2. The first-order chi connectivity index (χ1) is 7.87. The van der Waals surface area contributed by atoms with Crippen LogP contribution in [0.3, 0.4) is 0 Å². The maximum atomic E-state index is 11.4. The van der Waals surface area contributed by atoms with Crippen molar-refractivity contribution in [2.75, 3.05) is 6.54 Å². The van der Waals surface area contributed by atoms with E-state index in [0.29, 0.717) is 12.6 Å². The van der Waals surface area contributed by atoms with Crippen LogP contribution in [-0.4, -0.2) is 30.3 Å². The molecule has 0 aliphatic heterocycles. The van der Waals surface area contributed by atoms with Crippen LogP contribution >= 0.6 is 0 Å². The van der Waals surface area contributed by atoms with Crippen molar-refractivity contribution in [2.24, 2.45) is 0 Å². The molecule has 0 heterocycles. The monoisotopic (exact) mass is 240 g/mol. The van der Waals surface area contributed by atoms with Gasteiger partial charge in [0.2, 0.25) is 0 Å². The molecular weight excluding hydrogens is 216 g/mol. The van der Waals surface area contributed by atoms with Crippen molar-refractivity contribution in [3.63, 3.8) is 0 Å². The molecule has 0 aromatic carbocycles. The molecule has 0 saturated carbocycles. The molecule has 4 nitrogen and oxygen atoms in total. The van der Waals surface area contributed by atoms with Gasteiger partial charge in [0.05, 0.1) is 0 Å². The molecule has 0 aromatic heterocycles. The van der Waals surface area contributed by atoms with E-state index in [0.717, 1.165) is 12.8 Å². The fraction of sp³-hybridized carbons (Fsp3) is 0.769. The lowest BCUT2D eigenvalue weighted by Gasteiger charge is -2.22. The maximum absolute atomic E-state index is 11.4. The second-order valence-electron chi connectivity index (χ2n) is 5.59. The first-order valence-corrected chi connectivity index (χ1v) is 6.25. The molecule has 1 rings (SSSR count). The van der Waals surface area contributed by atoms with Crippen molar-refractivity contribution in [1.82, 2.24) is 10.6 Å². The molecule has 1 unspecified atom stereocenters. The number of alkyl carbamates (subject to hydrolysis) is 1. The molecule has 0 fully saturated rings. The molecule has 4 heteroatoms. The van der Waals surface area contributed by atoms with E-state index in [1.807, 2.05) is 20.8 Å². The molecule has 98 valence electrons. The average molecular weight is 240 g/mol. The van der Waals surface area contributed by atoms with Crippen LogP contribution in [-0.2, 0) is 4.74 Å². The van der Waals surface area contributed by atoms with Crippen LogP contribution in [0, 0.1) is 0 Å². The molecule has 0 saturated heterocycles. The summed E-state index contributed by atoms with van der Waals surface area (Å²) in [6.07, 6.45) is 6.18. The predicted molar refractivity (Wildman–Crippen MR) is 69.0 cm³/mol.